The van der Waals surface area contributed by atoms with Crippen LogP contribution in [0.25, 0.3) is 5.69 Å². The molecular formula is C18H14BrN5O3S. The van der Waals surface area contributed by atoms with E-state index in [1.165, 1.54) is 0 Å². The van der Waals surface area contributed by atoms with Gasteiger partial charge >= 0.3 is 5.69 Å². The van der Waals surface area contributed by atoms with E-state index in [-0.39, 0.29) is 10.7 Å². The molecule has 28 heavy (non-hydrogen) atoms. The number of para-hydroxylation sites is 1. The van der Waals surface area contributed by atoms with Crippen LogP contribution in [0.2, 0.25) is 0 Å². The number of H-pyrrole nitrogens is 1. The number of benzene rings is 2. The van der Waals surface area contributed by atoms with Crippen molar-refractivity contribution < 1.29 is 5.11 Å². The zero-order chi connectivity index (χ0) is 20.1. The Morgan fingerprint density at radius 3 is 2.50 bits per heavy atom. The molecule has 0 saturated heterocycles. The van der Waals surface area contributed by atoms with Gasteiger partial charge in [-0.05, 0) is 48.6 Å². The summed E-state index contributed by atoms with van der Waals surface area (Å²) >= 11 is 8.41. The predicted octanol–water partition coefficient (Wildman–Crippen LogP) is 2.31. The lowest BCUT2D eigenvalue weighted by atomic mass is 10.3. The summed E-state index contributed by atoms with van der Waals surface area (Å²) in [6.45, 7) is 0. The van der Waals surface area contributed by atoms with Gasteiger partial charge in [0, 0.05) is 10.2 Å². The summed E-state index contributed by atoms with van der Waals surface area (Å²) in [6, 6.07) is 15.8. The Labute approximate surface area is 172 Å². The molecule has 0 aliphatic heterocycles. The van der Waals surface area contributed by atoms with E-state index in [4.69, 9.17) is 12.2 Å². The largest absolute Gasteiger partial charge is 0.493 e. The number of thiocarbonyl (C=S) groups is 1. The van der Waals surface area contributed by atoms with Crippen LogP contribution in [0, 0.1) is 0 Å². The summed E-state index contributed by atoms with van der Waals surface area (Å²) in [5.41, 5.74) is 1.95. The zero-order valence-corrected chi connectivity index (χ0v) is 16.6. The fourth-order valence-electron chi connectivity index (χ4n) is 2.32. The van der Waals surface area contributed by atoms with E-state index in [9.17, 15) is 14.7 Å². The highest BCUT2D eigenvalue weighted by Crippen LogP contribution is 2.17. The Balaban J connectivity index is 1.84. The Hall–Kier alpha value is -3.24. The minimum Gasteiger partial charge on any atom is -0.493 e. The van der Waals surface area contributed by atoms with Crippen LogP contribution in [0.15, 0.2) is 73.8 Å². The second-order valence-corrected chi connectivity index (χ2v) is 6.82. The van der Waals surface area contributed by atoms with Crippen LogP contribution in [0.5, 0.6) is 5.88 Å². The van der Waals surface area contributed by atoms with E-state index in [1.54, 1.807) is 24.3 Å². The first kappa shape index (κ1) is 19.5. The average Bonchev–Trinajstić information content (AvgIpc) is 2.66. The van der Waals surface area contributed by atoms with E-state index in [1.807, 2.05) is 30.3 Å². The Kier molecular flexibility index (Phi) is 6.02. The molecule has 0 bridgehead atoms. The number of anilines is 1. The molecule has 8 nitrogen and oxygen atoms in total. The number of hydrogen-bond donors (Lipinski definition) is 4. The zero-order valence-electron chi connectivity index (χ0n) is 14.2. The standard InChI is InChI=1S/C18H14BrN5O3S/c19-11-6-8-13(9-7-11)24-16(26)14(15(25)22-18(24)27)10-20-23-17(28)21-12-4-2-1-3-5-12/h1-10,26H,(H2,21,23,28)(H,22,25,27). The molecule has 0 amide bonds. The first-order valence-electron chi connectivity index (χ1n) is 7.95. The fourth-order valence-corrected chi connectivity index (χ4v) is 2.76. The van der Waals surface area contributed by atoms with Crippen molar-refractivity contribution in [1.29, 1.82) is 0 Å². The molecular weight excluding hydrogens is 446 g/mol. The first-order valence-corrected chi connectivity index (χ1v) is 9.15. The molecule has 2 aromatic carbocycles. The SMILES string of the molecule is O=c1[nH]c(=O)n(-c2ccc(Br)cc2)c(O)c1C=NNC(=S)Nc1ccccc1. The van der Waals surface area contributed by atoms with Crippen molar-refractivity contribution >= 4 is 45.2 Å². The summed E-state index contributed by atoms with van der Waals surface area (Å²) in [5, 5.41) is 17.4. The van der Waals surface area contributed by atoms with E-state index < -0.39 is 17.1 Å². The van der Waals surface area contributed by atoms with Crippen molar-refractivity contribution in [2.75, 3.05) is 5.32 Å². The lowest BCUT2D eigenvalue weighted by Crippen LogP contribution is -2.31. The second kappa shape index (κ2) is 8.63. The maximum Gasteiger partial charge on any atom is 0.335 e. The second-order valence-electron chi connectivity index (χ2n) is 5.50. The van der Waals surface area contributed by atoms with Gasteiger partial charge < -0.3 is 10.4 Å². The Morgan fingerprint density at radius 1 is 1.14 bits per heavy atom. The average molecular weight is 460 g/mol. The van der Waals surface area contributed by atoms with Crippen molar-refractivity contribution in [2.24, 2.45) is 5.10 Å². The van der Waals surface area contributed by atoms with Gasteiger partial charge in [0.25, 0.3) is 5.56 Å². The minimum absolute atomic E-state index is 0.194. The van der Waals surface area contributed by atoms with Crippen molar-refractivity contribution in [3.8, 4) is 11.6 Å². The smallest absolute Gasteiger partial charge is 0.335 e. The number of rotatable bonds is 4. The van der Waals surface area contributed by atoms with Gasteiger partial charge in [-0.2, -0.15) is 5.10 Å². The van der Waals surface area contributed by atoms with Crippen LogP contribution in [0.1, 0.15) is 5.56 Å². The quantitative estimate of drug-likeness (QED) is 0.270. The molecule has 0 fully saturated rings. The predicted molar refractivity (Wildman–Crippen MR) is 115 cm³/mol. The van der Waals surface area contributed by atoms with E-state index >= 15 is 0 Å². The number of nitrogens with zero attached hydrogens (tertiary/aromatic N) is 2. The molecule has 10 heteroatoms. The third-order valence-electron chi connectivity index (χ3n) is 3.60. The van der Waals surface area contributed by atoms with Gasteiger partial charge in [0.15, 0.2) is 5.11 Å². The first-order chi connectivity index (χ1) is 13.5. The molecule has 0 aliphatic rings. The normalized spacial score (nSPS) is 10.8. The van der Waals surface area contributed by atoms with Crippen LogP contribution in [0.4, 0.5) is 5.69 Å². The molecule has 0 atom stereocenters. The molecule has 142 valence electrons. The summed E-state index contributed by atoms with van der Waals surface area (Å²) in [4.78, 5) is 26.3. The minimum atomic E-state index is -0.775. The number of halogens is 1. The van der Waals surface area contributed by atoms with Crippen molar-refractivity contribution in [1.82, 2.24) is 15.0 Å². The van der Waals surface area contributed by atoms with Crippen LogP contribution in [0.3, 0.4) is 0 Å². The Bertz CT molecular complexity index is 1140. The van der Waals surface area contributed by atoms with Crippen molar-refractivity contribution in [3.63, 3.8) is 0 Å². The number of hydrazone groups is 1. The number of aromatic amines is 1. The summed E-state index contributed by atoms with van der Waals surface area (Å²) in [6.07, 6.45) is 1.09. The van der Waals surface area contributed by atoms with Gasteiger partial charge in [0.2, 0.25) is 5.88 Å². The van der Waals surface area contributed by atoms with Gasteiger partial charge in [-0.3, -0.25) is 15.2 Å². The highest BCUT2D eigenvalue weighted by atomic mass is 79.9. The maximum absolute atomic E-state index is 12.1. The monoisotopic (exact) mass is 459 g/mol. The van der Waals surface area contributed by atoms with Crippen LogP contribution in [-0.2, 0) is 0 Å². The number of aromatic hydroxyl groups is 1. The van der Waals surface area contributed by atoms with Crippen molar-refractivity contribution in [2.45, 2.75) is 0 Å². The van der Waals surface area contributed by atoms with Gasteiger partial charge in [-0.15, -0.1) is 0 Å². The molecule has 3 aromatic rings. The lowest BCUT2D eigenvalue weighted by molar-refractivity contribution is 0.430. The van der Waals surface area contributed by atoms with Crippen molar-refractivity contribution in [3.05, 3.63) is 85.5 Å². The van der Waals surface area contributed by atoms with Crippen LogP contribution in [-0.4, -0.2) is 26.0 Å². The molecule has 4 N–H and O–H groups in total. The Morgan fingerprint density at radius 2 is 1.82 bits per heavy atom. The molecule has 1 aromatic heterocycles. The third kappa shape index (κ3) is 4.53. The number of nitrogens with one attached hydrogen (secondary N) is 3. The molecule has 0 radical (unpaired) electrons. The molecule has 0 saturated carbocycles. The summed E-state index contributed by atoms with van der Waals surface area (Å²) < 4.78 is 1.77. The third-order valence-corrected chi connectivity index (χ3v) is 4.32. The molecule has 0 unspecified atom stereocenters. The van der Waals surface area contributed by atoms with Crippen LogP contribution < -0.4 is 22.0 Å². The number of hydrogen-bond acceptors (Lipinski definition) is 5. The molecule has 1 heterocycles. The van der Waals surface area contributed by atoms with Gasteiger partial charge in [-0.1, -0.05) is 34.1 Å². The summed E-state index contributed by atoms with van der Waals surface area (Å²) in [7, 11) is 0. The van der Waals surface area contributed by atoms with Gasteiger partial charge in [0.05, 0.1) is 11.9 Å². The van der Waals surface area contributed by atoms with Gasteiger partial charge in [-0.25, -0.2) is 9.36 Å². The van der Waals surface area contributed by atoms with E-state index in [0.29, 0.717) is 5.69 Å². The van der Waals surface area contributed by atoms with E-state index in [0.717, 1.165) is 20.9 Å². The topological polar surface area (TPSA) is 112 Å². The number of aromatic nitrogens is 2. The highest BCUT2D eigenvalue weighted by molar-refractivity contribution is 9.10. The molecule has 3 rings (SSSR count). The lowest BCUT2D eigenvalue weighted by Gasteiger charge is -2.10. The highest BCUT2D eigenvalue weighted by Gasteiger charge is 2.14. The van der Waals surface area contributed by atoms with Gasteiger partial charge in [0.1, 0.15) is 5.56 Å². The maximum atomic E-state index is 12.1. The fraction of sp³-hybridized carbons (Fsp3) is 0. The molecule has 0 spiro atoms. The summed E-state index contributed by atoms with van der Waals surface area (Å²) in [5.74, 6) is -0.538. The van der Waals surface area contributed by atoms with Crippen LogP contribution >= 0.6 is 28.1 Å². The molecule has 0 aliphatic carbocycles. The van der Waals surface area contributed by atoms with E-state index in [2.05, 4.69) is 36.8 Å².